The van der Waals surface area contributed by atoms with Gasteiger partial charge < -0.3 is 15.8 Å². The van der Waals surface area contributed by atoms with Crippen LogP contribution in [0.1, 0.15) is 23.7 Å². The van der Waals surface area contributed by atoms with E-state index in [2.05, 4.69) is 5.32 Å². The van der Waals surface area contributed by atoms with E-state index in [9.17, 15) is 4.79 Å². The van der Waals surface area contributed by atoms with Crippen LogP contribution in [0.15, 0.2) is 42.5 Å². The van der Waals surface area contributed by atoms with Gasteiger partial charge in [-0.1, -0.05) is 30.7 Å². The van der Waals surface area contributed by atoms with Crippen LogP contribution in [-0.2, 0) is 0 Å². The molecule has 0 atom stereocenters. The highest BCUT2D eigenvalue weighted by molar-refractivity contribution is 6.31. The van der Waals surface area contributed by atoms with Crippen LogP contribution in [0.3, 0.4) is 0 Å². The summed E-state index contributed by atoms with van der Waals surface area (Å²) >= 11 is 5.83. The number of rotatable bonds is 5. The lowest BCUT2D eigenvalue weighted by Crippen LogP contribution is -2.15. The first kappa shape index (κ1) is 15.2. The van der Waals surface area contributed by atoms with Crippen LogP contribution in [0.25, 0.3) is 0 Å². The molecule has 110 valence electrons. The molecule has 0 bridgehead atoms. The van der Waals surface area contributed by atoms with Crippen molar-refractivity contribution in [2.45, 2.75) is 13.3 Å². The molecule has 2 aromatic carbocycles. The average Bonchev–Trinajstić information content (AvgIpc) is 2.46. The number of carbonyl (C=O) groups excluding carboxylic acids is 1. The van der Waals surface area contributed by atoms with Gasteiger partial charge in [-0.2, -0.15) is 0 Å². The van der Waals surface area contributed by atoms with E-state index in [1.165, 1.54) is 0 Å². The minimum absolute atomic E-state index is 0.295. The minimum Gasteiger partial charge on any atom is -0.491 e. The van der Waals surface area contributed by atoms with Crippen LogP contribution in [0.4, 0.5) is 11.4 Å². The maximum atomic E-state index is 12.3. The normalized spacial score (nSPS) is 10.2. The van der Waals surface area contributed by atoms with Crippen LogP contribution in [0, 0.1) is 0 Å². The molecule has 0 spiro atoms. The molecule has 0 fully saturated rings. The molecule has 5 heteroatoms. The third kappa shape index (κ3) is 3.89. The Hall–Kier alpha value is -2.20. The third-order valence-corrected chi connectivity index (χ3v) is 3.09. The Kier molecular flexibility index (Phi) is 5.06. The van der Waals surface area contributed by atoms with Crippen molar-refractivity contribution in [2.24, 2.45) is 0 Å². The highest BCUT2D eigenvalue weighted by Gasteiger charge is 2.12. The van der Waals surface area contributed by atoms with Crippen molar-refractivity contribution in [3.63, 3.8) is 0 Å². The van der Waals surface area contributed by atoms with Crippen LogP contribution in [0.2, 0.25) is 5.02 Å². The fourth-order valence-corrected chi connectivity index (χ4v) is 2.02. The zero-order valence-corrected chi connectivity index (χ0v) is 12.5. The lowest BCUT2D eigenvalue weighted by atomic mass is 10.1. The van der Waals surface area contributed by atoms with Gasteiger partial charge in [-0.05, 0) is 36.8 Å². The molecule has 1 amide bonds. The number of nitrogen functional groups attached to an aromatic ring is 1. The summed E-state index contributed by atoms with van der Waals surface area (Å²) in [6, 6.07) is 12.1. The Labute approximate surface area is 128 Å². The highest BCUT2D eigenvalue weighted by Crippen LogP contribution is 2.26. The molecule has 4 nitrogen and oxygen atoms in total. The number of halogens is 1. The number of para-hydroxylation sites is 2. The first-order valence-electron chi connectivity index (χ1n) is 6.70. The molecule has 2 rings (SSSR count). The fourth-order valence-electron chi connectivity index (χ4n) is 1.84. The maximum Gasteiger partial charge on any atom is 0.257 e. The minimum atomic E-state index is -0.295. The number of nitrogens with two attached hydrogens (primary N) is 1. The maximum absolute atomic E-state index is 12.3. The van der Waals surface area contributed by atoms with Gasteiger partial charge in [-0.25, -0.2) is 0 Å². The van der Waals surface area contributed by atoms with Crippen LogP contribution in [-0.4, -0.2) is 12.5 Å². The smallest absolute Gasteiger partial charge is 0.257 e. The topological polar surface area (TPSA) is 64.3 Å². The Morgan fingerprint density at radius 2 is 2.05 bits per heavy atom. The number of anilines is 2. The second-order valence-corrected chi connectivity index (χ2v) is 4.97. The molecule has 0 heterocycles. The van der Waals surface area contributed by atoms with E-state index in [4.69, 9.17) is 22.1 Å². The second-order valence-electron chi connectivity index (χ2n) is 4.53. The number of ether oxygens (including phenoxy) is 1. The number of carbonyl (C=O) groups is 1. The van der Waals surface area contributed by atoms with Crippen LogP contribution >= 0.6 is 11.6 Å². The van der Waals surface area contributed by atoms with Crippen molar-refractivity contribution in [3.05, 3.63) is 53.1 Å². The van der Waals surface area contributed by atoms with Crippen LogP contribution in [0.5, 0.6) is 5.75 Å². The zero-order valence-electron chi connectivity index (χ0n) is 11.7. The summed E-state index contributed by atoms with van der Waals surface area (Å²) in [4.78, 5) is 12.3. The van der Waals surface area contributed by atoms with E-state index in [-0.39, 0.29) is 5.91 Å². The predicted octanol–water partition coefficient (Wildman–Crippen LogP) is 3.96. The quantitative estimate of drug-likeness (QED) is 0.822. The number of amides is 1. The Bertz CT molecular complexity index is 644. The van der Waals surface area contributed by atoms with Gasteiger partial charge in [0.25, 0.3) is 5.91 Å². The van der Waals surface area contributed by atoms with Gasteiger partial charge in [0.15, 0.2) is 0 Å². The van der Waals surface area contributed by atoms with Crippen molar-refractivity contribution in [2.75, 3.05) is 17.7 Å². The van der Waals surface area contributed by atoms with Gasteiger partial charge in [0, 0.05) is 10.7 Å². The summed E-state index contributed by atoms with van der Waals surface area (Å²) < 4.78 is 5.61. The number of hydrogen-bond donors (Lipinski definition) is 2. The molecule has 0 radical (unpaired) electrons. The van der Waals surface area contributed by atoms with E-state index < -0.39 is 0 Å². The number of hydrogen-bond acceptors (Lipinski definition) is 3. The van der Waals surface area contributed by atoms with Crippen LogP contribution < -0.4 is 15.8 Å². The summed E-state index contributed by atoms with van der Waals surface area (Å²) in [6.07, 6.45) is 0.895. The van der Waals surface area contributed by atoms with Gasteiger partial charge in [-0.15, -0.1) is 0 Å². The van der Waals surface area contributed by atoms with E-state index in [0.717, 1.165) is 6.42 Å². The molecule has 0 aliphatic rings. The molecular formula is C16H17ClN2O2. The lowest BCUT2D eigenvalue weighted by Gasteiger charge is -2.12. The molecule has 0 aromatic heterocycles. The van der Waals surface area contributed by atoms with E-state index in [1.807, 2.05) is 25.1 Å². The van der Waals surface area contributed by atoms with Gasteiger partial charge in [0.2, 0.25) is 0 Å². The number of benzene rings is 2. The van der Waals surface area contributed by atoms with Gasteiger partial charge >= 0.3 is 0 Å². The zero-order chi connectivity index (χ0) is 15.2. The largest absolute Gasteiger partial charge is 0.491 e. The standard InChI is InChI=1S/C16H17ClN2O2/c1-2-9-21-15-6-4-3-5-14(15)19-16(20)12-8-7-11(17)10-13(12)18/h3-8,10H,2,9,18H2,1H3,(H,19,20). The second kappa shape index (κ2) is 6.99. The average molecular weight is 305 g/mol. The Balaban J connectivity index is 2.19. The van der Waals surface area contributed by atoms with Crippen molar-refractivity contribution >= 4 is 28.9 Å². The third-order valence-electron chi connectivity index (χ3n) is 2.86. The fraction of sp³-hybridized carbons (Fsp3) is 0.188. The van der Waals surface area contributed by atoms with Gasteiger partial charge in [-0.3, -0.25) is 4.79 Å². The molecule has 21 heavy (non-hydrogen) atoms. The monoisotopic (exact) mass is 304 g/mol. The molecule has 3 N–H and O–H groups in total. The summed E-state index contributed by atoms with van der Waals surface area (Å²) in [5.74, 6) is 0.344. The van der Waals surface area contributed by atoms with E-state index in [1.54, 1.807) is 24.3 Å². The lowest BCUT2D eigenvalue weighted by molar-refractivity contribution is 0.102. The van der Waals surface area contributed by atoms with Crippen molar-refractivity contribution < 1.29 is 9.53 Å². The SMILES string of the molecule is CCCOc1ccccc1NC(=O)c1ccc(Cl)cc1N. The summed E-state index contributed by atoms with van der Waals surface area (Å²) in [5.41, 5.74) is 7.15. The van der Waals surface area contributed by atoms with Gasteiger partial charge in [0.05, 0.1) is 17.9 Å². The first-order chi connectivity index (χ1) is 10.1. The Morgan fingerprint density at radius 1 is 1.29 bits per heavy atom. The molecule has 0 aliphatic heterocycles. The summed E-state index contributed by atoms with van der Waals surface area (Å²) in [6.45, 7) is 2.62. The van der Waals surface area contributed by atoms with Crippen molar-refractivity contribution in [1.29, 1.82) is 0 Å². The van der Waals surface area contributed by atoms with E-state index in [0.29, 0.717) is 34.3 Å². The predicted molar refractivity (Wildman–Crippen MR) is 86.0 cm³/mol. The summed E-state index contributed by atoms with van der Waals surface area (Å²) in [5, 5.41) is 3.31. The van der Waals surface area contributed by atoms with Crippen molar-refractivity contribution in [3.8, 4) is 5.75 Å². The molecular weight excluding hydrogens is 288 g/mol. The van der Waals surface area contributed by atoms with Gasteiger partial charge in [0.1, 0.15) is 5.75 Å². The Morgan fingerprint density at radius 3 is 2.76 bits per heavy atom. The molecule has 0 aliphatic carbocycles. The molecule has 2 aromatic rings. The van der Waals surface area contributed by atoms with Crippen molar-refractivity contribution in [1.82, 2.24) is 0 Å². The molecule has 0 saturated carbocycles. The first-order valence-corrected chi connectivity index (χ1v) is 7.08. The number of nitrogens with one attached hydrogen (secondary N) is 1. The molecule has 0 saturated heterocycles. The summed E-state index contributed by atoms with van der Waals surface area (Å²) in [7, 11) is 0. The highest BCUT2D eigenvalue weighted by atomic mass is 35.5. The van der Waals surface area contributed by atoms with E-state index >= 15 is 0 Å². The molecule has 0 unspecified atom stereocenters.